The third-order valence-corrected chi connectivity index (χ3v) is 4.80. The van der Waals surface area contributed by atoms with E-state index in [1.807, 2.05) is 35.8 Å². The molecule has 0 unspecified atom stereocenters. The number of para-hydroxylation sites is 1. The van der Waals surface area contributed by atoms with E-state index in [0.29, 0.717) is 23.2 Å². The summed E-state index contributed by atoms with van der Waals surface area (Å²) in [6.07, 6.45) is 5.76. The lowest BCUT2D eigenvalue weighted by atomic mass is 10.1. The average Bonchev–Trinajstić information content (AvgIpc) is 3.10. The first-order chi connectivity index (χ1) is 12.7. The lowest BCUT2D eigenvalue weighted by Gasteiger charge is -2.10. The van der Waals surface area contributed by atoms with Crippen LogP contribution in [0.2, 0.25) is 0 Å². The maximum Gasteiger partial charge on any atom is 0.234 e. The zero-order chi connectivity index (χ0) is 18.4. The normalized spacial score (nSPS) is 10.7. The van der Waals surface area contributed by atoms with Gasteiger partial charge in [0.05, 0.1) is 11.9 Å². The Morgan fingerprint density at radius 2 is 2.04 bits per heavy atom. The second-order valence-corrected chi connectivity index (χ2v) is 6.43. The Morgan fingerprint density at radius 3 is 2.77 bits per heavy atom. The molecule has 7 nitrogen and oxygen atoms in total. The first-order valence-electron chi connectivity index (χ1n) is 8.43. The summed E-state index contributed by atoms with van der Waals surface area (Å²) in [5.74, 6) is 0.846. The van der Waals surface area contributed by atoms with Gasteiger partial charge in [-0.1, -0.05) is 36.9 Å². The molecule has 26 heavy (non-hydrogen) atoms. The second kappa shape index (κ2) is 8.57. The highest BCUT2D eigenvalue weighted by Gasteiger charge is 2.15. The van der Waals surface area contributed by atoms with Gasteiger partial charge in [0.1, 0.15) is 5.69 Å². The molecule has 3 aromatic rings. The van der Waals surface area contributed by atoms with Crippen LogP contribution in [0.1, 0.15) is 19.4 Å². The van der Waals surface area contributed by atoms with Crippen LogP contribution in [-0.2, 0) is 17.8 Å². The lowest BCUT2D eigenvalue weighted by Crippen LogP contribution is -2.15. The number of hydrogen-bond acceptors (Lipinski definition) is 6. The van der Waals surface area contributed by atoms with Gasteiger partial charge < -0.3 is 9.88 Å². The molecule has 0 saturated carbocycles. The number of aryl methyl sites for hydroxylation is 1. The van der Waals surface area contributed by atoms with Gasteiger partial charge in [0.2, 0.25) is 5.91 Å². The largest absolute Gasteiger partial charge is 0.325 e. The quantitative estimate of drug-likeness (QED) is 0.645. The molecule has 1 amide bonds. The molecular weight excluding hydrogens is 348 g/mol. The van der Waals surface area contributed by atoms with Crippen LogP contribution in [0.4, 0.5) is 5.69 Å². The zero-order valence-corrected chi connectivity index (χ0v) is 15.5. The minimum atomic E-state index is -0.0670. The molecule has 0 radical (unpaired) electrons. The van der Waals surface area contributed by atoms with Gasteiger partial charge in [-0.2, -0.15) is 0 Å². The van der Waals surface area contributed by atoms with Crippen molar-refractivity contribution < 1.29 is 4.79 Å². The third kappa shape index (κ3) is 4.08. The lowest BCUT2D eigenvalue weighted by molar-refractivity contribution is -0.113. The van der Waals surface area contributed by atoms with Gasteiger partial charge in [-0.3, -0.25) is 9.78 Å². The Balaban J connectivity index is 1.68. The van der Waals surface area contributed by atoms with Crippen molar-refractivity contribution in [1.82, 2.24) is 24.7 Å². The molecule has 0 atom stereocenters. The van der Waals surface area contributed by atoms with Crippen molar-refractivity contribution in [2.45, 2.75) is 32.0 Å². The van der Waals surface area contributed by atoms with E-state index in [-0.39, 0.29) is 11.7 Å². The van der Waals surface area contributed by atoms with Gasteiger partial charge in [-0.05, 0) is 25.0 Å². The molecule has 0 saturated heterocycles. The van der Waals surface area contributed by atoms with Gasteiger partial charge in [0.25, 0.3) is 0 Å². The van der Waals surface area contributed by atoms with E-state index >= 15 is 0 Å². The summed E-state index contributed by atoms with van der Waals surface area (Å²) < 4.78 is 1.93. The Labute approximate surface area is 156 Å². The molecule has 0 bridgehead atoms. The average molecular weight is 368 g/mol. The van der Waals surface area contributed by atoms with Crippen molar-refractivity contribution in [2.75, 3.05) is 11.1 Å². The van der Waals surface area contributed by atoms with E-state index in [4.69, 9.17) is 0 Å². The van der Waals surface area contributed by atoms with Gasteiger partial charge in [0.15, 0.2) is 11.0 Å². The van der Waals surface area contributed by atoms with Gasteiger partial charge >= 0.3 is 0 Å². The number of rotatable bonds is 7. The molecule has 8 heteroatoms. The van der Waals surface area contributed by atoms with Crippen LogP contribution in [0.3, 0.4) is 0 Å². The SMILES string of the molecule is CCc1ccccc1NC(=O)CSc1nnc(-c2cnccn2)n1CC. The minimum Gasteiger partial charge on any atom is -0.325 e. The summed E-state index contributed by atoms with van der Waals surface area (Å²) in [6, 6.07) is 7.83. The van der Waals surface area contributed by atoms with E-state index in [0.717, 1.165) is 17.7 Å². The first-order valence-corrected chi connectivity index (χ1v) is 9.41. The molecule has 0 spiro atoms. The summed E-state index contributed by atoms with van der Waals surface area (Å²) in [6.45, 7) is 4.75. The summed E-state index contributed by atoms with van der Waals surface area (Å²) in [5, 5.41) is 12.1. The Bertz CT molecular complexity index is 880. The molecule has 0 aliphatic rings. The topological polar surface area (TPSA) is 85.6 Å². The number of thioether (sulfide) groups is 1. The van der Waals surface area contributed by atoms with Crippen LogP contribution in [-0.4, -0.2) is 36.4 Å². The predicted octanol–water partition coefficient (Wildman–Crippen LogP) is 3.05. The summed E-state index contributed by atoms with van der Waals surface area (Å²) in [5.41, 5.74) is 2.64. The highest BCUT2D eigenvalue weighted by atomic mass is 32.2. The number of carbonyl (C=O) groups excluding carboxylic acids is 1. The van der Waals surface area contributed by atoms with E-state index in [1.54, 1.807) is 18.6 Å². The number of carbonyl (C=O) groups is 1. The predicted molar refractivity (Wildman–Crippen MR) is 102 cm³/mol. The number of aromatic nitrogens is 5. The van der Waals surface area contributed by atoms with Gasteiger partial charge in [-0.25, -0.2) is 4.98 Å². The molecule has 3 rings (SSSR count). The van der Waals surface area contributed by atoms with Crippen molar-refractivity contribution in [3.05, 3.63) is 48.4 Å². The minimum absolute atomic E-state index is 0.0670. The highest BCUT2D eigenvalue weighted by Crippen LogP contribution is 2.23. The molecule has 2 aromatic heterocycles. The number of anilines is 1. The standard InChI is InChI=1S/C18H20N6OS/c1-3-13-7-5-6-8-14(13)21-16(25)12-26-18-23-22-17(24(18)4-2)15-11-19-9-10-20-15/h5-11H,3-4,12H2,1-2H3,(H,21,25). The fourth-order valence-electron chi connectivity index (χ4n) is 2.55. The molecule has 1 aromatic carbocycles. The fourth-order valence-corrected chi connectivity index (χ4v) is 3.35. The van der Waals surface area contributed by atoms with Crippen molar-refractivity contribution in [3.63, 3.8) is 0 Å². The molecule has 1 N–H and O–H groups in total. The highest BCUT2D eigenvalue weighted by molar-refractivity contribution is 7.99. The summed E-state index contributed by atoms with van der Waals surface area (Å²) in [7, 11) is 0. The molecule has 2 heterocycles. The van der Waals surface area contributed by atoms with E-state index in [2.05, 4.69) is 32.4 Å². The zero-order valence-electron chi connectivity index (χ0n) is 14.7. The number of nitrogens with one attached hydrogen (secondary N) is 1. The molecular formula is C18H20N6OS. The smallest absolute Gasteiger partial charge is 0.234 e. The van der Waals surface area contributed by atoms with Crippen molar-refractivity contribution in [1.29, 1.82) is 0 Å². The summed E-state index contributed by atoms with van der Waals surface area (Å²) >= 11 is 1.36. The van der Waals surface area contributed by atoms with Crippen LogP contribution in [0.5, 0.6) is 0 Å². The molecule has 0 fully saturated rings. The third-order valence-electron chi connectivity index (χ3n) is 3.83. The van der Waals surface area contributed by atoms with Crippen LogP contribution < -0.4 is 5.32 Å². The summed E-state index contributed by atoms with van der Waals surface area (Å²) in [4.78, 5) is 20.7. The maximum absolute atomic E-state index is 12.3. The molecule has 0 aliphatic carbocycles. The number of nitrogens with zero attached hydrogens (tertiary/aromatic N) is 5. The fraction of sp³-hybridized carbons (Fsp3) is 0.278. The monoisotopic (exact) mass is 368 g/mol. The first kappa shape index (κ1) is 18.1. The van der Waals surface area contributed by atoms with Crippen LogP contribution in [0.25, 0.3) is 11.5 Å². The Morgan fingerprint density at radius 1 is 1.19 bits per heavy atom. The van der Waals surface area contributed by atoms with Crippen molar-refractivity contribution in [2.24, 2.45) is 0 Å². The maximum atomic E-state index is 12.3. The van der Waals surface area contributed by atoms with Crippen LogP contribution >= 0.6 is 11.8 Å². The van der Waals surface area contributed by atoms with Crippen LogP contribution in [0.15, 0.2) is 48.0 Å². The molecule has 134 valence electrons. The van der Waals surface area contributed by atoms with Gasteiger partial charge in [0, 0.05) is 24.6 Å². The Kier molecular flexibility index (Phi) is 5.96. The number of benzene rings is 1. The van der Waals surface area contributed by atoms with Crippen molar-refractivity contribution >= 4 is 23.4 Å². The van der Waals surface area contributed by atoms with Gasteiger partial charge in [-0.15, -0.1) is 10.2 Å². The van der Waals surface area contributed by atoms with E-state index in [9.17, 15) is 4.79 Å². The second-order valence-electron chi connectivity index (χ2n) is 5.49. The van der Waals surface area contributed by atoms with Crippen molar-refractivity contribution in [3.8, 4) is 11.5 Å². The van der Waals surface area contributed by atoms with E-state index in [1.165, 1.54) is 11.8 Å². The van der Waals surface area contributed by atoms with E-state index < -0.39 is 0 Å². The number of hydrogen-bond donors (Lipinski definition) is 1. The number of amides is 1. The Hall–Kier alpha value is -2.74. The van der Waals surface area contributed by atoms with Crippen LogP contribution in [0, 0.1) is 0 Å². The molecule has 0 aliphatic heterocycles.